The lowest BCUT2D eigenvalue weighted by atomic mass is 9.68. The van der Waals surface area contributed by atoms with E-state index in [1.807, 2.05) is 24.3 Å². The number of carboxylic acid groups (broad SMARTS) is 1. The van der Waals surface area contributed by atoms with E-state index in [2.05, 4.69) is 17.0 Å². The highest BCUT2D eigenvalue weighted by atomic mass is 35.5. The maximum absolute atomic E-state index is 13.7. The molecular formula is C39H49ClN2O7. The van der Waals surface area contributed by atoms with E-state index in [0.29, 0.717) is 49.0 Å². The number of aliphatic carboxylic acids is 1. The fourth-order valence-electron chi connectivity index (χ4n) is 8.30. The molecule has 1 fully saturated rings. The van der Waals surface area contributed by atoms with Gasteiger partial charge in [-0.1, -0.05) is 35.9 Å². The van der Waals surface area contributed by atoms with Crippen LogP contribution in [0.4, 0.5) is 5.69 Å². The average molecular weight is 693 g/mol. The second-order valence-electron chi connectivity index (χ2n) is 15.6. The van der Waals surface area contributed by atoms with Crippen molar-refractivity contribution in [1.29, 1.82) is 0 Å². The van der Waals surface area contributed by atoms with Crippen molar-refractivity contribution in [1.82, 2.24) is 4.90 Å². The minimum Gasteiger partial charge on any atom is -0.490 e. The molecule has 49 heavy (non-hydrogen) atoms. The number of carbonyl (C=O) groups is 3. The Kier molecular flexibility index (Phi) is 9.81. The number of aliphatic hydroxyl groups excluding tert-OH is 1. The first kappa shape index (κ1) is 35.3. The van der Waals surface area contributed by atoms with Gasteiger partial charge < -0.3 is 29.5 Å². The molecule has 6 rings (SSSR count). The van der Waals surface area contributed by atoms with Crippen molar-refractivity contribution in [3.8, 4) is 5.75 Å². The molecule has 0 radical (unpaired) electrons. The number of halogens is 1. The number of nitrogens with zero attached hydrogens (tertiary/aromatic N) is 2. The second-order valence-corrected chi connectivity index (χ2v) is 16.1. The number of aryl methyl sites for hydroxylation is 1. The van der Waals surface area contributed by atoms with Crippen LogP contribution in [-0.4, -0.2) is 78.0 Å². The fraction of sp³-hybridized carbons (Fsp3) is 0.564. The normalized spacial score (nSPS) is 29.5. The Hall–Kier alpha value is -3.56. The number of benzene rings is 2. The molecule has 1 amide bonds. The third kappa shape index (κ3) is 7.20. The molecule has 1 saturated carbocycles. The van der Waals surface area contributed by atoms with Crippen molar-refractivity contribution >= 4 is 35.1 Å². The molecule has 2 aromatic rings. The van der Waals surface area contributed by atoms with Crippen LogP contribution < -0.4 is 9.64 Å². The van der Waals surface area contributed by atoms with Crippen LogP contribution in [0.5, 0.6) is 5.75 Å². The third-order valence-corrected chi connectivity index (χ3v) is 11.3. The minimum atomic E-state index is -1.88. The first-order valence-corrected chi connectivity index (χ1v) is 17.9. The Balaban J connectivity index is 1.49. The lowest BCUT2D eigenvalue weighted by Crippen LogP contribution is -2.49. The Morgan fingerprint density at radius 3 is 2.65 bits per heavy atom. The van der Waals surface area contributed by atoms with Crippen LogP contribution in [0.1, 0.15) is 82.4 Å². The molecule has 2 bridgehead atoms. The van der Waals surface area contributed by atoms with Crippen molar-refractivity contribution in [3.63, 3.8) is 0 Å². The molecule has 10 heteroatoms. The van der Waals surface area contributed by atoms with Gasteiger partial charge in [0, 0.05) is 43.5 Å². The maximum Gasteiger partial charge on any atom is 0.315 e. The largest absolute Gasteiger partial charge is 0.490 e. The van der Waals surface area contributed by atoms with Gasteiger partial charge in [0.2, 0.25) is 5.91 Å². The van der Waals surface area contributed by atoms with E-state index >= 15 is 0 Å². The molecule has 4 aliphatic rings. The summed E-state index contributed by atoms with van der Waals surface area (Å²) in [6.07, 6.45) is 7.44. The summed E-state index contributed by atoms with van der Waals surface area (Å²) < 4.78 is 12.3. The van der Waals surface area contributed by atoms with Gasteiger partial charge in [-0.15, -0.1) is 0 Å². The van der Waals surface area contributed by atoms with Crippen LogP contribution in [0, 0.1) is 11.8 Å². The molecule has 9 nitrogen and oxygen atoms in total. The molecule has 5 atom stereocenters. The molecule has 2 aromatic carbocycles. The molecule has 264 valence electrons. The minimum absolute atomic E-state index is 0.0815. The summed E-state index contributed by atoms with van der Waals surface area (Å²) >= 11 is 6.44. The fourth-order valence-corrected chi connectivity index (χ4v) is 8.49. The summed E-state index contributed by atoms with van der Waals surface area (Å²) in [5.74, 6) is -1.43. The van der Waals surface area contributed by atoms with Gasteiger partial charge in [-0.05, 0) is 112 Å². The number of esters is 1. The number of carbonyl (C=O) groups excluding carboxylic acids is 2. The lowest BCUT2D eigenvalue weighted by molar-refractivity contribution is -0.162. The first-order valence-electron chi connectivity index (χ1n) is 17.5. The van der Waals surface area contributed by atoms with Crippen LogP contribution >= 0.6 is 11.6 Å². The molecule has 0 unspecified atom stereocenters. The zero-order chi connectivity index (χ0) is 35.1. The van der Waals surface area contributed by atoms with Gasteiger partial charge in [0.25, 0.3) is 0 Å². The van der Waals surface area contributed by atoms with E-state index < -0.39 is 47.8 Å². The van der Waals surface area contributed by atoms with Crippen molar-refractivity contribution in [2.45, 2.75) is 94.7 Å². The summed E-state index contributed by atoms with van der Waals surface area (Å²) in [6, 6.07) is 11.4. The Morgan fingerprint density at radius 2 is 1.94 bits per heavy atom. The van der Waals surface area contributed by atoms with Crippen LogP contribution in [0.25, 0.3) is 0 Å². The molecular weight excluding hydrogens is 644 g/mol. The predicted molar refractivity (Wildman–Crippen MR) is 188 cm³/mol. The third-order valence-electron chi connectivity index (χ3n) is 11.1. The molecule has 0 saturated heterocycles. The van der Waals surface area contributed by atoms with Gasteiger partial charge in [-0.2, -0.15) is 0 Å². The van der Waals surface area contributed by atoms with Crippen LogP contribution in [0.3, 0.4) is 0 Å². The zero-order valence-electron chi connectivity index (χ0n) is 29.0. The van der Waals surface area contributed by atoms with Gasteiger partial charge in [0.05, 0.1) is 24.8 Å². The number of anilines is 1. The summed E-state index contributed by atoms with van der Waals surface area (Å²) in [6.45, 7) is 7.26. The molecule has 2 aliphatic heterocycles. The van der Waals surface area contributed by atoms with Crippen molar-refractivity contribution in [2.24, 2.45) is 11.8 Å². The second kappa shape index (κ2) is 13.6. The number of hydrogen-bond donors (Lipinski definition) is 2. The number of hydrogen-bond acceptors (Lipinski definition) is 7. The molecule has 2 heterocycles. The summed E-state index contributed by atoms with van der Waals surface area (Å²) in [5.41, 5.74) is 0.464. The molecule has 2 aliphatic carbocycles. The SMILES string of the molecule is CN1CC/C=C/[C@H](O)[C@@H]2CC[C@H]2CN2C[C@@]3(CCCc4cc(Cl)ccc43)COc3ccc(cc32)[C@](CC(=O)OC(C)(C)C)(C(=O)O)CC1=O. The monoisotopic (exact) mass is 692 g/mol. The molecule has 2 N–H and O–H groups in total. The smallest absolute Gasteiger partial charge is 0.315 e. The number of amides is 1. The Morgan fingerprint density at radius 1 is 1.14 bits per heavy atom. The topological polar surface area (TPSA) is 117 Å². The highest BCUT2D eigenvalue weighted by molar-refractivity contribution is 6.30. The zero-order valence-corrected chi connectivity index (χ0v) is 29.8. The van der Waals surface area contributed by atoms with Crippen molar-refractivity contribution < 1.29 is 34.1 Å². The van der Waals surface area contributed by atoms with E-state index in [4.69, 9.17) is 21.1 Å². The quantitative estimate of drug-likeness (QED) is 0.295. The maximum atomic E-state index is 13.7. The van der Waals surface area contributed by atoms with Gasteiger partial charge in [0.1, 0.15) is 16.8 Å². The summed E-state index contributed by atoms with van der Waals surface area (Å²) in [4.78, 5) is 44.4. The van der Waals surface area contributed by atoms with E-state index in [-0.39, 0.29) is 17.3 Å². The van der Waals surface area contributed by atoms with Crippen LogP contribution in [-0.2, 0) is 36.4 Å². The van der Waals surface area contributed by atoms with Gasteiger partial charge in [0.15, 0.2) is 0 Å². The van der Waals surface area contributed by atoms with E-state index in [1.54, 1.807) is 40.0 Å². The standard InChI is InChI=1S/C39H49ClN2O7/c1-37(2,3)49-35(45)21-39(36(46)47)20-34(44)41(4)17-6-5-9-32(43)29-13-10-26(29)22-42-23-38(24-48-33-15-11-27(39)19-31(33)42)16-7-8-25-18-28(40)12-14-30(25)38/h5,9,11-12,14-15,18-19,26,29,32,43H,6-8,10,13,16-17,20-24H2,1-4H3,(H,46,47)/b9-5+/t26-,29+,32-,38-,39-/m0/s1. The van der Waals surface area contributed by atoms with E-state index in [0.717, 1.165) is 37.8 Å². The van der Waals surface area contributed by atoms with Crippen LogP contribution in [0.15, 0.2) is 48.6 Å². The highest BCUT2D eigenvalue weighted by Gasteiger charge is 2.48. The number of rotatable bonds is 3. The van der Waals surface area contributed by atoms with Crippen molar-refractivity contribution in [3.05, 3.63) is 70.3 Å². The first-order chi connectivity index (χ1) is 23.2. The lowest BCUT2D eigenvalue weighted by Gasteiger charge is -2.45. The predicted octanol–water partition coefficient (Wildman–Crippen LogP) is 6.06. The van der Waals surface area contributed by atoms with E-state index in [9.17, 15) is 24.6 Å². The summed E-state index contributed by atoms with van der Waals surface area (Å²) in [7, 11) is 1.64. The number of fused-ring (bicyclic) bond motifs is 4. The van der Waals surface area contributed by atoms with Gasteiger partial charge in [-0.3, -0.25) is 14.4 Å². The molecule has 1 spiro atoms. The number of aliphatic hydroxyl groups is 1. The number of ether oxygens (including phenoxy) is 2. The average Bonchev–Trinajstić information content (AvgIpc) is 3.16. The Bertz CT molecular complexity index is 1640. The highest BCUT2D eigenvalue weighted by Crippen LogP contribution is 2.48. The number of carboxylic acids is 1. The van der Waals surface area contributed by atoms with Crippen LogP contribution in [0.2, 0.25) is 5.02 Å². The summed E-state index contributed by atoms with van der Waals surface area (Å²) in [5, 5.41) is 22.9. The Labute approximate surface area is 294 Å². The van der Waals surface area contributed by atoms with E-state index in [1.165, 1.54) is 16.0 Å². The van der Waals surface area contributed by atoms with Gasteiger partial charge >= 0.3 is 11.9 Å². The molecule has 0 aromatic heterocycles. The van der Waals surface area contributed by atoms with Gasteiger partial charge in [-0.25, -0.2) is 0 Å². The van der Waals surface area contributed by atoms with Crippen molar-refractivity contribution in [2.75, 3.05) is 38.2 Å².